The van der Waals surface area contributed by atoms with E-state index in [1.54, 1.807) is 12.1 Å². The molecule has 2 heterocycles. The van der Waals surface area contributed by atoms with E-state index in [0.29, 0.717) is 11.8 Å². The first-order chi connectivity index (χ1) is 6.84. The molecule has 2 aliphatic heterocycles. The molecule has 1 aliphatic carbocycles. The average Bonchev–Trinajstić information content (AvgIpc) is 2.51. The minimum atomic E-state index is -0.0868. The van der Waals surface area contributed by atoms with Crippen molar-refractivity contribution in [2.75, 3.05) is 13.1 Å². The third-order valence-electron chi connectivity index (χ3n) is 3.57. The molecule has 0 radical (unpaired) electrons. The molecular formula is C12H15ClFN. The minimum absolute atomic E-state index is 0. The highest BCUT2D eigenvalue weighted by Gasteiger charge is 2.30. The molecule has 2 atom stereocenters. The van der Waals surface area contributed by atoms with Crippen molar-refractivity contribution in [3.8, 4) is 0 Å². The Morgan fingerprint density at radius 1 is 1.07 bits per heavy atom. The van der Waals surface area contributed by atoms with Crippen molar-refractivity contribution in [2.45, 2.75) is 24.7 Å². The van der Waals surface area contributed by atoms with Gasteiger partial charge in [0.1, 0.15) is 5.82 Å². The summed E-state index contributed by atoms with van der Waals surface area (Å²) in [4.78, 5) is 0. The highest BCUT2D eigenvalue weighted by atomic mass is 35.5. The van der Waals surface area contributed by atoms with Gasteiger partial charge in [-0.05, 0) is 47.9 Å². The van der Waals surface area contributed by atoms with E-state index in [4.69, 9.17) is 0 Å². The molecule has 1 fully saturated rings. The summed E-state index contributed by atoms with van der Waals surface area (Å²) in [5, 5.41) is 3.45. The van der Waals surface area contributed by atoms with Gasteiger partial charge in [0.25, 0.3) is 0 Å². The maximum absolute atomic E-state index is 13.1. The molecule has 0 aromatic heterocycles. The average molecular weight is 228 g/mol. The number of rotatable bonds is 0. The Morgan fingerprint density at radius 2 is 1.73 bits per heavy atom. The number of benzene rings is 1. The van der Waals surface area contributed by atoms with E-state index in [1.165, 1.54) is 24.0 Å². The summed E-state index contributed by atoms with van der Waals surface area (Å²) >= 11 is 0. The van der Waals surface area contributed by atoms with Crippen LogP contribution in [0.15, 0.2) is 18.2 Å². The highest BCUT2D eigenvalue weighted by molar-refractivity contribution is 5.85. The molecule has 15 heavy (non-hydrogen) atoms. The molecule has 1 saturated heterocycles. The van der Waals surface area contributed by atoms with Crippen molar-refractivity contribution < 1.29 is 4.39 Å². The molecule has 0 saturated carbocycles. The van der Waals surface area contributed by atoms with E-state index < -0.39 is 0 Å². The Labute approximate surface area is 95.5 Å². The molecule has 1 aromatic carbocycles. The van der Waals surface area contributed by atoms with Gasteiger partial charge >= 0.3 is 0 Å². The van der Waals surface area contributed by atoms with E-state index in [9.17, 15) is 4.39 Å². The molecular weight excluding hydrogens is 213 g/mol. The Morgan fingerprint density at radius 3 is 2.47 bits per heavy atom. The first kappa shape index (κ1) is 10.9. The molecule has 0 amide bonds. The van der Waals surface area contributed by atoms with Crippen LogP contribution in [-0.4, -0.2) is 13.1 Å². The van der Waals surface area contributed by atoms with Crippen molar-refractivity contribution in [3.63, 3.8) is 0 Å². The summed E-state index contributed by atoms with van der Waals surface area (Å²) in [6.45, 7) is 2.09. The minimum Gasteiger partial charge on any atom is -0.316 e. The quantitative estimate of drug-likeness (QED) is 0.719. The largest absolute Gasteiger partial charge is 0.316 e. The van der Waals surface area contributed by atoms with Gasteiger partial charge in [0, 0.05) is 13.1 Å². The van der Waals surface area contributed by atoms with Crippen LogP contribution < -0.4 is 5.32 Å². The summed E-state index contributed by atoms with van der Waals surface area (Å²) in [6.07, 6.45) is 2.48. The lowest BCUT2D eigenvalue weighted by Crippen LogP contribution is -2.18. The van der Waals surface area contributed by atoms with Gasteiger partial charge in [0.2, 0.25) is 0 Å². The van der Waals surface area contributed by atoms with Gasteiger partial charge in [-0.3, -0.25) is 0 Å². The first-order valence-electron chi connectivity index (χ1n) is 5.34. The Bertz CT molecular complexity index is 363. The van der Waals surface area contributed by atoms with Crippen LogP contribution in [0.1, 0.15) is 35.8 Å². The number of hydrogen-bond donors (Lipinski definition) is 1. The van der Waals surface area contributed by atoms with Gasteiger partial charge in [-0.25, -0.2) is 4.39 Å². The topological polar surface area (TPSA) is 12.0 Å². The molecule has 2 bridgehead atoms. The third kappa shape index (κ3) is 1.77. The fourth-order valence-corrected chi connectivity index (χ4v) is 2.84. The van der Waals surface area contributed by atoms with Crippen molar-refractivity contribution in [1.82, 2.24) is 5.32 Å². The first-order valence-corrected chi connectivity index (χ1v) is 5.34. The van der Waals surface area contributed by atoms with Crippen molar-refractivity contribution >= 4 is 12.4 Å². The number of halogens is 2. The highest BCUT2D eigenvalue weighted by Crippen LogP contribution is 2.40. The molecule has 4 rings (SSSR count). The fraction of sp³-hybridized carbons (Fsp3) is 0.500. The molecule has 1 nitrogen and oxygen atoms in total. The van der Waals surface area contributed by atoms with Crippen molar-refractivity contribution in [1.29, 1.82) is 0 Å². The maximum atomic E-state index is 13.1. The van der Waals surface area contributed by atoms with E-state index in [1.807, 2.05) is 6.07 Å². The Balaban J connectivity index is 0.000000853. The Hall–Kier alpha value is -0.600. The van der Waals surface area contributed by atoms with Gasteiger partial charge in [0.05, 0.1) is 0 Å². The second-order valence-corrected chi connectivity index (χ2v) is 4.40. The van der Waals surface area contributed by atoms with Crippen LogP contribution in [0.2, 0.25) is 0 Å². The summed E-state index contributed by atoms with van der Waals surface area (Å²) in [5.74, 6) is 1.07. The molecule has 1 aromatic rings. The summed E-state index contributed by atoms with van der Waals surface area (Å²) in [7, 11) is 0. The predicted octanol–water partition coefficient (Wildman–Crippen LogP) is 2.81. The monoisotopic (exact) mass is 227 g/mol. The van der Waals surface area contributed by atoms with Gasteiger partial charge in [0.15, 0.2) is 0 Å². The van der Waals surface area contributed by atoms with E-state index in [2.05, 4.69) is 5.32 Å². The van der Waals surface area contributed by atoms with Crippen LogP contribution in [0.5, 0.6) is 0 Å². The summed E-state index contributed by atoms with van der Waals surface area (Å²) < 4.78 is 13.1. The van der Waals surface area contributed by atoms with Crippen molar-refractivity contribution in [2.24, 2.45) is 0 Å². The molecule has 3 aliphatic rings. The van der Waals surface area contributed by atoms with Gasteiger partial charge in [-0.15, -0.1) is 12.4 Å². The summed E-state index contributed by atoms with van der Waals surface area (Å²) in [6, 6.07) is 5.31. The lowest BCUT2D eigenvalue weighted by Gasteiger charge is -2.26. The molecule has 1 N–H and O–H groups in total. The summed E-state index contributed by atoms with van der Waals surface area (Å²) in [5.41, 5.74) is 2.64. The van der Waals surface area contributed by atoms with Crippen LogP contribution in [0.3, 0.4) is 0 Å². The number of hydrogen-bond acceptors (Lipinski definition) is 1. The van der Waals surface area contributed by atoms with Gasteiger partial charge in [-0.1, -0.05) is 6.07 Å². The van der Waals surface area contributed by atoms with E-state index in [0.717, 1.165) is 13.1 Å². The van der Waals surface area contributed by atoms with Crippen molar-refractivity contribution in [3.05, 3.63) is 35.1 Å². The third-order valence-corrected chi connectivity index (χ3v) is 3.57. The SMILES string of the molecule is Cl.Fc1ccc2c(c1)C1CCC2CNC1. The fourth-order valence-electron chi connectivity index (χ4n) is 2.84. The predicted molar refractivity (Wildman–Crippen MR) is 61.2 cm³/mol. The van der Waals surface area contributed by atoms with Crippen LogP contribution in [-0.2, 0) is 0 Å². The van der Waals surface area contributed by atoms with Crippen LogP contribution in [0.4, 0.5) is 4.39 Å². The maximum Gasteiger partial charge on any atom is 0.123 e. The van der Waals surface area contributed by atoms with Gasteiger partial charge in [-0.2, -0.15) is 0 Å². The normalized spacial score (nSPS) is 27.8. The molecule has 82 valence electrons. The zero-order valence-corrected chi connectivity index (χ0v) is 9.32. The zero-order chi connectivity index (χ0) is 9.54. The smallest absolute Gasteiger partial charge is 0.123 e. The second kappa shape index (κ2) is 4.11. The number of fused-ring (bicyclic) bond motifs is 3. The lowest BCUT2D eigenvalue weighted by molar-refractivity contribution is 0.540. The van der Waals surface area contributed by atoms with Crippen LogP contribution in [0, 0.1) is 5.82 Å². The standard InChI is InChI=1S/C12H14FN.ClH/c13-10-3-4-11-8-1-2-9(7-14-6-8)12(11)5-10;/h3-5,8-9,14H,1-2,6-7H2;1H. The molecule has 0 spiro atoms. The van der Waals surface area contributed by atoms with Crippen LogP contribution >= 0.6 is 12.4 Å². The molecule has 2 unspecified atom stereocenters. The lowest BCUT2D eigenvalue weighted by atomic mass is 9.78. The number of nitrogens with one attached hydrogen (secondary N) is 1. The molecule has 3 heteroatoms. The van der Waals surface area contributed by atoms with Crippen LogP contribution in [0.25, 0.3) is 0 Å². The Kier molecular flexibility index (Phi) is 2.98. The van der Waals surface area contributed by atoms with E-state index in [-0.39, 0.29) is 18.2 Å². The van der Waals surface area contributed by atoms with E-state index >= 15 is 0 Å². The van der Waals surface area contributed by atoms with Gasteiger partial charge < -0.3 is 5.32 Å². The zero-order valence-electron chi connectivity index (χ0n) is 8.50. The second-order valence-electron chi connectivity index (χ2n) is 4.40.